The maximum absolute atomic E-state index is 13.5. The number of carbonyl (C=O) groups is 2. The Morgan fingerprint density at radius 3 is 2.33 bits per heavy atom. The number of aromatic nitrogens is 2. The SMILES string of the molecule is CCC(=O)OC(C)ON=[N+]([O-])N(CC)CC(=O)NS(=O)(=O)c1ccc(-n2nc(C(F)(F)F)cc2-c2ccc(C)cc2)cc1. The number of carbonyl (C=O) groups excluding carboxylic acids is 2. The maximum Gasteiger partial charge on any atom is 0.435 e. The molecule has 1 aromatic heterocycles. The van der Waals surface area contributed by atoms with Crippen LogP contribution in [0.1, 0.15) is 38.4 Å². The first kappa shape index (κ1) is 32.8. The van der Waals surface area contributed by atoms with Gasteiger partial charge in [-0.3, -0.25) is 14.4 Å². The van der Waals surface area contributed by atoms with E-state index in [1.807, 2.05) is 11.6 Å². The Morgan fingerprint density at radius 2 is 1.77 bits per heavy atom. The van der Waals surface area contributed by atoms with Crippen LogP contribution in [0.15, 0.2) is 64.8 Å². The van der Waals surface area contributed by atoms with Crippen LogP contribution in [-0.2, 0) is 35.4 Å². The zero-order valence-electron chi connectivity index (χ0n) is 23.5. The van der Waals surface area contributed by atoms with Crippen LogP contribution in [0.5, 0.6) is 0 Å². The highest BCUT2D eigenvalue weighted by atomic mass is 32.2. The first-order valence-corrected chi connectivity index (χ1v) is 14.3. The highest BCUT2D eigenvalue weighted by Crippen LogP contribution is 2.33. The lowest BCUT2D eigenvalue weighted by atomic mass is 10.1. The molecule has 0 aliphatic carbocycles. The molecule has 1 N–H and O–H groups in total. The largest absolute Gasteiger partial charge is 0.569 e. The van der Waals surface area contributed by atoms with Gasteiger partial charge in [0, 0.05) is 18.9 Å². The van der Waals surface area contributed by atoms with Crippen molar-refractivity contribution in [2.45, 2.75) is 51.5 Å². The molecule has 0 radical (unpaired) electrons. The zero-order chi connectivity index (χ0) is 31.9. The quantitative estimate of drug-likeness (QED) is 0.103. The number of likely N-dealkylation sites (N-methyl/N-ethyl adjacent to an activating group) is 1. The molecular weight excluding hydrogens is 597 g/mol. The summed E-state index contributed by atoms with van der Waals surface area (Å²) < 4.78 is 73.7. The van der Waals surface area contributed by atoms with Gasteiger partial charge >= 0.3 is 12.1 Å². The van der Waals surface area contributed by atoms with Crippen molar-refractivity contribution in [3.8, 4) is 16.9 Å². The molecule has 17 heteroatoms. The highest BCUT2D eigenvalue weighted by molar-refractivity contribution is 7.90. The lowest BCUT2D eigenvalue weighted by molar-refractivity contribution is -0.710. The molecule has 0 spiro atoms. The fourth-order valence-corrected chi connectivity index (χ4v) is 4.54. The second-order valence-corrected chi connectivity index (χ2v) is 10.7. The fourth-order valence-electron chi connectivity index (χ4n) is 3.56. The third-order valence-electron chi connectivity index (χ3n) is 5.77. The van der Waals surface area contributed by atoms with Gasteiger partial charge in [-0.05, 0) is 44.2 Å². The molecule has 232 valence electrons. The number of hydrogen-bond donors (Lipinski definition) is 1. The Kier molecular flexibility index (Phi) is 10.3. The minimum absolute atomic E-state index is 0.0734. The van der Waals surface area contributed by atoms with Gasteiger partial charge in [0.25, 0.3) is 22.2 Å². The Morgan fingerprint density at radius 1 is 1.14 bits per heavy atom. The van der Waals surface area contributed by atoms with Gasteiger partial charge in [0.15, 0.2) is 12.2 Å². The molecule has 2 aromatic carbocycles. The fraction of sp³-hybridized carbons (Fsp3) is 0.346. The van der Waals surface area contributed by atoms with Crippen LogP contribution in [0.4, 0.5) is 13.2 Å². The van der Waals surface area contributed by atoms with Crippen molar-refractivity contribution >= 4 is 21.9 Å². The number of aryl methyl sites for hydroxylation is 1. The van der Waals surface area contributed by atoms with Gasteiger partial charge in [-0.25, -0.2) is 17.8 Å². The van der Waals surface area contributed by atoms with Crippen molar-refractivity contribution in [1.82, 2.24) is 19.5 Å². The molecule has 1 unspecified atom stereocenters. The van der Waals surface area contributed by atoms with Crippen LogP contribution < -0.4 is 4.72 Å². The molecule has 0 saturated heterocycles. The molecule has 1 atom stereocenters. The summed E-state index contributed by atoms with van der Waals surface area (Å²) in [6.45, 7) is 5.38. The number of sulfonamides is 1. The number of amides is 1. The summed E-state index contributed by atoms with van der Waals surface area (Å²) in [7, 11) is -4.44. The van der Waals surface area contributed by atoms with Gasteiger partial charge in [0.1, 0.15) is 0 Å². The average molecular weight is 627 g/mol. The molecule has 0 aliphatic rings. The summed E-state index contributed by atoms with van der Waals surface area (Å²) in [5.74, 6) is -1.68. The van der Waals surface area contributed by atoms with Crippen LogP contribution >= 0.6 is 0 Å². The number of hydrazine groups is 1. The zero-order valence-corrected chi connectivity index (χ0v) is 24.3. The monoisotopic (exact) mass is 626 g/mol. The second-order valence-electron chi connectivity index (χ2n) is 9.04. The number of ether oxygens (including phenoxy) is 1. The van der Waals surface area contributed by atoms with Gasteiger partial charge in [-0.2, -0.15) is 18.3 Å². The van der Waals surface area contributed by atoms with Crippen LogP contribution in [0.3, 0.4) is 0 Å². The summed E-state index contributed by atoms with van der Waals surface area (Å²) in [6.07, 6.45) is -5.83. The molecule has 1 amide bonds. The van der Waals surface area contributed by atoms with E-state index in [0.717, 1.165) is 33.5 Å². The Hall–Kier alpha value is -4.67. The summed E-state index contributed by atoms with van der Waals surface area (Å²) in [5.41, 5.74) is 0.494. The summed E-state index contributed by atoms with van der Waals surface area (Å²) in [4.78, 5) is 28.0. The highest BCUT2D eigenvalue weighted by Gasteiger charge is 2.35. The van der Waals surface area contributed by atoms with Gasteiger partial charge in [0.2, 0.25) is 5.28 Å². The van der Waals surface area contributed by atoms with Gasteiger partial charge in [0.05, 0.1) is 27.8 Å². The number of nitrogens with zero attached hydrogens (tertiary/aromatic N) is 5. The average Bonchev–Trinajstić information content (AvgIpc) is 3.41. The number of hydrogen-bond acceptors (Lipinski definition) is 9. The van der Waals surface area contributed by atoms with E-state index in [2.05, 4.69) is 10.4 Å². The number of nitrogens with one attached hydrogen (secondary N) is 1. The van der Waals surface area contributed by atoms with Crippen molar-refractivity contribution in [3.05, 3.63) is 71.1 Å². The number of benzene rings is 2. The van der Waals surface area contributed by atoms with E-state index in [4.69, 9.17) is 9.57 Å². The minimum atomic E-state index is -4.72. The molecule has 13 nitrogen and oxygen atoms in total. The smallest absolute Gasteiger partial charge is 0.435 e. The Labute approximate surface area is 245 Å². The predicted octanol–water partition coefficient (Wildman–Crippen LogP) is 4.10. The second kappa shape index (κ2) is 13.5. The minimum Gasteiger partial charge on any atom is -0.569 e. The van der Waals surface area contributed by atoms with E-state index < -0.39 is 46.6 Å². The topological polar surface area (TPSA) is 158 Å². The van der Waals surface area contributed by atoms with Crippen molar-refractivity contribution in [2.24, 2.45) is 5.28 Å². The summed E-state index contributed by atoms with van der Waals surface area (Å²) in [6, 6.07) is 12.3. The first-order valence-electron chi connectivity index (χ1n) is 12.8. The van der Waals surface area contributed by atoms with Crippen LogP contribution in [-0.4, -0.2) is 59.4 Å². The van der Waals surface area contributed by atoms with Gasteiger partial charge in [-0.1, -0.05) is 36.8 Å². The lowest BCUT2D eigenvalue weighted by Gasteiger charge is -2.16. The molecule has 0 bridgehead atoms. The Balaban J connectivity index is 1.76. The maximum atomic E-state index is 13.5. The van der Waals surface area contributed by atoms with Crippen molar-refractivity contribution in [1.29, 1.82) is 0 Å². The predicted molar refractivity (Wildman–Crippen MR) is 144 cm³/mol. The molecule has 0 fully saturated rings. The molecule has 3 aromatic rings. The van der Waals surface area contributed by atoms with E-state index in [-0.39, 0.29) is 34.2 Å². The summed E-state index contributed by atoms with van der Waals surface area (Å²) >= 11 is 0. The standard InChI is InChI=1S/C26H29F3N6O7S/c1-5-25(37)41-18(4)42-32-35(38)33(6-2)16-24(36)31-43(39,40)21-13-11-20(12-14-21)34-22(15-23(30-34)26(27,28)29)19-9-7-17(3)8-10-19/h7-15,18H,5-6,16H2,1-4H3,(H,31,36). The Bertz CT molecular complexity index is 1570. The third-order valence-corrected chi connectivity index (χ3v) is 7.16. The van der Waals surface area contributed by atoms with Crippen LogP contribution in [0.2, 0.25) is 0 Å². The van der Waals surface area contributed by atoms with Gasteiger partial charge < -0.3 is 9.94 Å². The van der Waals surface area contributed by atoms with E-state index in [1.165, 1.54) is 26.0 Å². The number of esters is 1. The van der Waals surface area contributed by atoms with Crippen molar-refractivity contribution in [3.63, 3.8) is 0 Å². The van der Waals surface area contributed by atoms with Gasteiger partial charge in [-0.15, -0.1) is 5.01 Å². The third kappa shape index (κ3) is 8.67. The van der Waals surface area contributed by atoms with Crippen LogP contribution in [0, 0.1) is 12.1 Å². The number of rotatable bonds is 12. The number of halogens is 3. The van der Waals surface area contributed by atoms with E-state index in [0.29, 0.717) is 5.56 Å². The molecule has 1 heterocycles. The van der Waals surface area contributed by atoms with Crippen molar-refractivity contribution in [2.75, 3.05) is 13.1 Å². The van der Waals surface area contributed by atoms with E-state index >= 15 is 0 Å². The van der Waals surface area contributed by atoms with E-state index in [9.17, 15) is 36.4 Å². The molecule has 3 rings (SSSR count). The van der Waals surface area contributed by atoms with Crippen LogP contribution in [0.25, 0.3) is 16.9 Å². The molecule has 0 saturated carbocycles. The molecular formula is C26H29F3N6O7S. The number of alkyl halides is 3. The first-order chi connectivity index (χ1) is 20.1. The molecule has 0 aliphatic heterocycles. The normalized spacial score (nSPS) is 12.9. The van der Waals surface area contributed by atoms with Crippen molar-refractivity contribution < 1.29 is 45.7 Å². The lowest BCUT2D eigenvalue weighted by Crippen LogP contribution is -2.42. The van der Waals surface area contributed by atoms with E-state index in [1.54, 1.807) is 31.2 Å². The summed E-state index contributed by atoms with van der Waals surface area (Å²) in [5, 5.41) is 19.9. The molecule has 43 heavy (non-hydrogen) atoms.